The van der Waals surface area contributed by atoms with Crippen LogP contribution in [-0.2, 0) is 20.7 Å². The molecule has 3 heterocycles. The summed E-state index contributed by atoms with van der Waals surface area (Å²) in [4.78, 5) is 43.3. The molecular weight excluding hydrogens is 454 g/mol. The zero-order valence-corrected chi connectivity index (χ0v) is 19.6. The normalized spacial score (nSPS) is 20.6. The van der Waals surface area contributed by atoms with Crippen LogP contribution in [0, 0.1) is 0 Å². The van der Waals surface area contributed by atoms with Crippen LogP contribution in [0.15, 0.2) is 60.2 Å². The van der Waals surface area contributed by atoms with E-state index in [0.29, 0.717) is 4.88 Å². The number of hydrogen-bond acceptors (Lipinski definition) is 7. The van der Waals surface area contributed by atoms with E-state index in [1.165, 1.54) is 23.5 Å². The Morgan fingerprint density at radius 3 is 2.68 bits per heavy atom. The highest BCUT2D eigenvalue weighted by atomic mass is 32.1. The topological polar surface area (TPSA) is 118 Å². The fourth-order valence-electron chi connectivity index (χ4n) is 3.70. The van der Waals surface area contributed by atoms with Crippen molar-refractivity contribution in [3.63, 3.8) is 0 Å². The van der Waals surface area contributed by atoms with Crippen molar-refractivity contribution in [3.05, 3.63) is 70.7 Å². The Morgan fingerprint density at radius 1 is 1.26 bits per heavy atom. The molecule has 1 aliphatic rings. The number of pyridine rings is 1. The van der Waals surface area contributed by atoms with E-state index in [1.807, 2.05) is 17.5 Å². The lowest BCUT2D eigenvalue weighted by molar-refractivity contribution is -0.130. The number of aromatic hydroxyl groups is 1. The number of carbonyl (C=O) groups excluding carboxylic acids is 3. The molecule has 0 bridgehead atoms. The number of ether oxygens (including phenoxy) is 1. The van der Waals surface area contributed by atoms with E-state index in [-0.39, 0.29) is 24.6 Å². The minimum absolute atomic E-state index is 0.0702. The highest BCUT2D eigenvalue weighted by molar-refractivity contribution is 7.12. The number of amides is 2. The van der Waals surface area contributed by atoms with E-state index in [2.05, 4.69) is 15.6 Å². The second-order valence-corrected chi connectivity index (χ2v) is 9.32. The number of Topliss-reactive ketones (excluding diaryl/α,β-unsaturated/α-hetero) is 1. The Balaban J connectivity index is 1.54. The van der Waals surface area contributed by atoms with Gasteiger partial charge in [-0.25, -0.2) is 0 Å². The molecule has 0 saturated carbocycles. The molecule has 9 heteroatoms. The van der Waals surface area contributed by atoms with Crippen LogP contribution in [0.2, 0.25) is 0 Å². The molecule has 3 aromatic rings. The predicted molar refractivity (Wildman–Crippen MR) is 128 cm³/mol. The molecule has 1 aromatic carbocycles. The molecule has 3 atom stereocenters. The van der Waals surface area contributed by atoms with Crippen molar-refractivity contribution in [2.75, 3.05) is 6.61 Å². The number of ketones is 1. The van der Waals surface area contributed by atoms with Crippen LogP contribution >= 0.6 is 11.3 Å². The summed E-state index contributed by atoms with van der Waals surface area (Å²) in [6.45, 7) is 3.29. The Morgan fingerprint density at radius 2 is 2.03 bits per heavy atom. The highest BCUT2D eigenvalue weighted by Crippen LogP contribution is 2.26. The first-order valence-electron chi connectivity index (χ1n) is 10.8. The smallest absolute Gasteiger partial charge is 0.262 e. The molecular formula is C25H25N3O5S. The summed E-state index contributed by atoms with van der Waals surface area (Å²) in [7, 11) is 0. The van der Waals surface area contributed by atoms with Gasteiger partial charge in [0.25, 0.3) is 5.91 Å². The Hall–Kier alpha value is -3.56. The SMILES string of the molecule is CC1OCC(=O)C1(C)NC(=O)C(Cc1ccc(O)cc1)NC(=O)c1cc(-c2cccnc2)cs1. The van der Waals surface area contributed by atoms with E-state index < -0.39 is 29.5 Å². The molecule has 8 nitrogen and oxygen atoms in total. The van der Waals surface area contributed by atoms with Crippen LogP contribution in [0.1, 0.15) is 29.1 Å². The Bertz CT molecular complexity index is 1190. The van der Waals surface area contributed by atoms with Gasteiger partial charge in [0.2, 0.25) is 5.91 Å². The first-order chi connectivity index (χ1) is 16.3. The van der Waals surface area contributed by atoms with Gasteiger partial charge < -0.3 is 20.5 Å². The molecule has 1 aliphatic heterocycles. The maximum Gasteiger partial charge on any atom is 0.262 e. The second-order valence-electron chi connectivity index (χ2n) is 8.41. The third kappa shape index (κ3) is 5.00. The number of carbonyl (C=O) groups is 3. The molecule has 2 amide bonds. The first-order valence-corrected chi connectivity index (χ1v) is 11.7. The summed E-state index contributed by atoms with van der Waals surface area (Å²) in [5.74, 6) is -1.00. The number of hydrogen-bond donors (Lipinski definition) is 3. The molecule has 3 N–H and O–H groups in total. The molecule has 3 unspecified atom stereocenters. The van der Waals surface area contributed by atoms with Crippen LogP contribution in [-0.4, -0.2) is 52.0 Å². The number of thiophene rings is 1. The van der Waals surface area contributed by atoms with Gasteiger partial charge in [0.05, 0.1) is 11.0 Å². The number of phenols is 1. The van der Waals surface area contributed by atoms with Crippen molar-refractivity contribution in [2.24, 2.45) is 0 Å². The van der Waals surface area contributed by atoms with E-state index in [0.717, 1.165) is 16.7 Å². The Kier molecular flexibility index (Phi) is 6.76. The van der Waals surface area contributed by atoms with Crippen molar-refractivity contribution >= 4 is 28.9 Å². The van der Waals surface area contributed by atoms with E-state index in [1.54, 1.807) is 44.4 Å². The van der Waals surface area contributed by atoms with Crippen molar-refractivity contribution < 1.29 is 24.2 Å². The quantitative estimate of drug-likeness (QED) is 0.480. The minimum Gasteiger partial charge on any atom is -0.508 e. The summed E-state index contributed by atoms with van der Waals surface area (Å²) in [5, 5.41) is 17.0. The molecule has 34 heavy (non-hydrogen) atoms. The van der Waals surface area contributed by atoms with Crippen LogP contribution in [0.4, 0.5) is 0 Å². The maximum atomic E-state index is 13.3. The van der Waals surface area contributed by atoms with Crippen LogP contribution in [0.25, 0.3) is 11.1 Å². The van der Waals surface area contributed by atoms with Gasteiger partial charge in [-0.15, -0.1) is 11.3 Å². The van der Waals surface area contributed by atoms with Gasteiger partial charge in [0.1, 0.15) is 23.9 Å². The molecule has 2 aromatic heterocycles. The number of phenolic OH excluding ortho intramolecular Hbond substituents is 1. The maximum absolute atomic E-state index is 13.3. The summed E-state index contributed by atoms with van der Waals surface area (Å²) < 4.78 is 5.41. The van der Waals surface area contributed by atoms with Crippen molar-refractivity contribution in [1.82, 2.24) is 15.6 Å². The number of nitrogens with zero attached hydrogens (tertiary/aromatic N) is 1. The summed E-state index contributed by atoms with van der Waals surface area (Å²) in [6.07, 6.45) is 3.08. The average Bonchev–Trinajstić information content (AvgIpc) is 3.42. The molecule has 4 rings (SSSR count). The second kappa shape index (κ2) is 9.74. The largest absolute Gasteiger partial charge is 0.508 e. The number of aromatic nitrogens is 1. The summed E-state index contributed by atoms with van der Waals surface area (Å²) in [6, 6.07) is 10.9. The Labute approximate surface area is 201 Å². The molecule has 1 saturated heterocycles. The van der Waals surface area contributed by atoms with Gasteiger partial charge in [0.15, 0.2) is 5.78 Å². The van der Waals surface area contributed by atoms with E-state index in [4.69, 9.17) is 4.74 Å². The summed E-state index contributed by atoms with van der Waals surface area (Å²) in [5.41, 5.74) is 1.31. The van der Waals surface area contributed by atoms with Crippen LogP contribution in [0.3, 0.4) is 0 Å². The van der Waals surface area contributed by atoms with E-state index >= 15 is 0 Å². The van der Waals surface area contributed by atoms with Crippen molar-refractivity contribution in [1.29, 1.82) is 0 Å². The van der Waals surface area contributed by atoms with Gasteiger partial charge in [-0.1, -0.05) is 18.2 Å². The molecule has 1 fully saturated rings. The van der Waals surface area contributed by atoms with Gasteiger partial charge >= 0.3 is 0 Å². The number of nitrogens with one attached hydrogen (secondary N) is 2. The third-order valence-corrected chi connectivity index (χ3v) is 6.98. The summed E-state index contributed by atoms with van der Waals surface area (Å²) >= 11 is 1.27. The zero-order chi connectivity index (χ0) is 24.3. The number of benzene rings is 1. The van der Waals surface area contributed by atoms with Crippen LogP contribution in [0.5, 0.6) is 5.75 Å². The molecule has 0 radical (unpaired) electrons. The lowest BCUT2D eigenvalue weighted by Crippen LogP contribution is -2.60. The van der Waals surface area contributed by atoms with Crippen LogP contribution < -0.4 is 10.6 Å². The van der Waals surface area contributed by atoms with Crippen molar-refractivity contribution in [3.8, 4) is 16.9 Å². The van der Waals surface area contributed by atoms with Gasteiger partial charge in [-0.3, -0.25) is 19.4 Å². The highest BCUT2D eigenvalue weighted by Gasteiger charge is 2.47. The number of rotatable bonds is 7. The van der Waals surface area contributed by atoms with Crippen molar-refractivity contribution in [2.45, 2.75) is 38.0 Å². The predicted octanol–water partition coefficient (Wildman–Crippen LogP) is 2.72. The molecule has 176 valence electrons. The van der Waals surface area contributed by atoms with Gasteiger partial charge in [-0.2, -0.15) is 0 Å². The monoisotopic (exact) mass is 479 g/mol. The first kappa shape index (κ1) is 23.6. The lowest BCUT2D eigenvalue weighted by Gasteiger charge is -2.29. The lowest BCUT2D eigenvalue weighted by atomic mass is 9.92. The standard InChI is InChI=1S/C25H25N3O5S/c1-15-25(2,22(30)13-33-15)28-23(31)20(10-16-5-7-19(29)8-6-16)27-24(32)21-11-18(14-34-21)17-4-3-9-26-12-17/h3-9,11-12,14-15,20,29H,10,13H2,1-2H3,(H,27,32)(H,28,31). The minimum atomic E-state index is -1.18. The van der Waals surface area contributed by atoms with Gasteiger partial charge in [0, 0.05) is 24.4 Å². The van der Waals surface area contributed by atoms with Gasteiger partial charge in [-0.05, 0) is 54.6 Å². The molecule has 0 aliphatic carbocycles. The van der Waals surface area contributed by atoms with E-state index in [9.17, 15) is 19.5 Å². The average molecular weight is 480 g/mol. The fourth-order valence-corrected chi connectivity index (χ4v) is 4.52. The third-order valence-electron chi connectivity index (χ3n) is 6.06. The molecule has 0 spiro atoms. The zero-order valence-electron chi connectivity index (χ0n) is 18.8. The fraction of sp³-hybridized carbons (Fsp3) is 0.280.